The van der Waals surface area contributed by atoms with Gasteiger partial charge in [0.2, 0.25) is 5.91 Å². The molecule has 1 aliphatic rings. The van der Waals surface area contributed by atoms with Gasteiger partial charge in [0.1, 0.15) is 6.17 Å². The van der Waals surface area contributed by atoms with Crippen LogP contribution < -0.4 is 0 Å². The number of likely N-dealkylation sites (tertiary alicyclic amines) is 1. The van der Waals surface area contributed by atoms with Crippen molar-refractivity contribution >= 4 is 5.91 Å². The summed E-state index contributed by atoms with van der Waals surface area (Å²) >= 11 is 0. The maximum atomic E-state index is 13.0. The predicted octanol–water partition coefficient (Wildman–Crippen LogP) is 1.09. The molecule has 1 aliphatic heterocycles. The molecule has 2 atom stereocenters. The van der Waals surface area contributed by atoms with E-state index in [4.69, 9.17) is 0 Å². The van der Waals surface area contributed by atoms with Gasteiger partial charge in [-0.1, -0.05) is 6.92 Å². The average Bonchev–Trinajstić information content (AvgIpc) is 2.88. The summed E-state index contributed by atoms with van der Waals surface area (Å²) in [5, 5.41) is 4.05. The lowest BCUT2D eigenvalue weighted by Crippen LogP contribution is -2.35. The van der Waals surface area contributed by atoms with E-state index < -0.39 is 6.17 Å². The Labute approximate surface area is 94.0 Å². The van der Waals surface area contributed by atoms with E-state index in [2.05, 4.69) is 5.10 Å². The number of alkyl halides is 1. The van der Waals surface area contributed by atoms with Crippen LogP contribution >= 0.6 is 0 Å². The molecule has 88 valence electrons. The minimum atomic E-state index is -0.846. The van der Waals surface area contributed by atoms with Crippen molar-refractivity contribution < 1.29 is 9.18 Å². The number of halogens is 1. The molecular weight excluding hydrogens is 209 g/mol. The summed E-state index contributed by atoms with van der Waals surface area (Å²) in [7, 11) is 0. The highest BCUT2D eigenvalue weighted by molar-refractivity contribution is 5.78. The molecule has 4 nitrogen and oxygen atoms in total. The van der Waals surface area contributed by atoms with Crippen LogP contribution in [0.3, 0.4) is 0 Å². The van der Waals surface area contributed by atoms with Gasteiger partial charge in [0.05, 0.1) is 19.0 Å². The molecule has 0 bridgehead atoms. The highest BCUT2D eigenvalue weighted by Crippen LogP contribution is 2.15. The van der Waals surface area contributed by atoms with Gasteiger partial charge in [-0.3, -0.25) is 9.48 Å². The van der Waals surface area contributed by atoms with Gasteiger partial charge in [-0.2, -0.15) is 5.10 Å². The molecule has 2 heterocycles. The lowest BCUT2D eigenvalue weighted by molar-refractivity contribution is -0.134. The summed E-state index contributed by atoms with van der Waals surface area (Å²) in [4.78, 5) is 13.5. The van der Waals surface area contributed by atoms with Crippen molar-refractivity contribution in [3.8, 4) is 0 Å². The predicted molar refractivity (Wildman–Crippen MR) is 57.5 cm³/mol. The summed E-state index contributed by atoms with van der Waals surface area (Å²) in [6.07, 6.45) is 3.14. The van der Waals surface area contributed by atoms with Crippen LogP contribution in [-0.4, -0.2) is 39.8 Å². The Balaban J connectivity index is 1.89. The van der Waals surface area contributed by atoms with Crippen LogP contribution in [0.25, 0.3) is 0 Å². The molecule has 16 heavy (non-hydrogen) atoms. The lowest BCUT2D eigenvalue weighted by Gasteiger charge is -2.20. The van der Waals surface area contributed by atoms with Crippen LogP contribution in [0.2, 0.25) is 0 Å². The van der Waals surface area contributed by atoms with Crippen molar-refractivity contribution in [3.63, 3.8) is 0 Å². The third kappa shape index (κ3) is 2.40. The first-order valence-electron chi connectivity index (χ1n) is 5.57. The molecule has 0 aromatic carbocycles. The average molecular weight is 225 g/mol. The van der Waals surface area contributed by atoms with Crippen LogP contribution in [0.1, 0.15) is 13.3 Å². The summed E-state index contributed by atoms with van der Waals surface area (Å²) < 4.78 is 14.7. The van der Waals surface area contributed by atoms with E-state index in [1.54, 1.807) is 15.8 Å². The van der Waals surface area contributed by atoms with E-state index in [0.717, 1.165) is 0 Å². The van der Waals surface area contributed by atoms with Crippen molar-refractivity contribution in [2.24, 2.45) is 5.92 Å². The van der Waals surface area contributed by atoms with E-state index in [1.807, 2.05) is 19.2 Å². The molecule has 0 aliphatic carbocycles. The minimum absolute atomic E-state index is 0.0238. The Kier molecular flexibility index (Phi) is 3.22. The second-order valence-corrected chi connectivity index (χ2v) is 4.30. The van der Waals surface area contributed by atoms with Crippen LogP contribution in [0, 0.1) is 5.92 Å². The Morgan fingerprint density at radius 2 is 2.50 bits per heavy atom. The van der Waals surface area contributed by atoms with Crippen LogP contribution in [-0.2, 0) is 11.3 Å². The van der Waals surface area contributed by atoms with Gasteiger partial charge in [0.15, 0.2) is 0 Å². The summed E-state index contributed by atoms with van der Waals surface area (Å²) in [6.45, 7) is 3.21. The molecule has 1 saturated heterocycles. The van der Waals surface area contributed by atoms with Crippen molar-refractivity contribution in [1.29, 1.82) is 0 Å². The van der Waals surface area contributed by atoms with E-state index in [9.17, 15) is 9.18 Å². The fourth-order valence-corrected chi connectivity index (χ4v) is 2.00. The van der Waals surface area contributed by atoms with Gasteiger partial charge in [-0.05, 0) is 12.5 Å². The zero-order chi connectivity index (χ0) is 11.5. The fraction of sp³-hybridized carbons (Fsp3) is 0.636. The van der Waals surface area contributed by atoms with Crippen LogP contribution in [0.4, 0.5) is 4.39 Å². The molecule has 0 spiro atoms. The molecule has 2 rings (SSSR count). The number of carbonyl (C=O) groups excluding carboxylic acids is 1. The van der Waals surface area contributed by atoms with E-state index in [-0.39, 0.29) is 18.4 Å². The third-order valence-electron chi connectivity index (χ3n) is 2.88. The largest absolute Gasteiger partial charge is 0.339 e. The summed E-state index contributed by atoms with van der Waals surface area (Å²) in [5.74, 6) is -0.124. The number of aromatic nitrogens is 2. The first-order chi connectivity index (χ1) is 7.66. The smallest absolute Gasteiger partial charge is 0.227 e. The van der Waals surface area contributed by atoms with Crippen LogP contribution in [0.15, 0.2) is 18.5 Å². The molecule has 0 N–H and O–H groups in total. The van der Waals surface area contributed by atoms with Crippen molar-refractivity contribution in [2.45, 2.75) is 26.1 Å². The number of amides is 1. The normalized spacial score (nSPS) is 22.4. The molecule has 0 radical (unpaired) electrons. The molecule has 1 fully saturated rings. The molecule has 1 aromatic heterocycles. The monoisotopic (exact) mass is 225 g/mol. The van der Waals surface area contributed by atoms with Crippen molar-refractivity contribution in [2.75, 3.05) is 13.1 Å². The van der Waals surface area contributed by atoms with Gasteiger partial charge >= 0.3 is 0 Å². The maximum absolute atomic E-state index is 13.0. The molecule has 1 aromatic rings. The molecule has 5 heteroatoms. The standard InChI is InChI=1S/C11H16FN3O/c1-9(7-15-5-2-4-13-15)11(16)14-6-3-10(12)8-14/h2,4-5,9-10H,3,6-8H2,1H3/t9?,10-/m1/s1. The number of rotatable bonds is 3. The van der Waals surface area contributed by atoms with Gasteiger partial charge in [-0.15, -0.1) is 0 Å². The van der Waals surface area contributed by atoms with Gasteiger partial charge in [0.25, 0.3) is 0 Å². The Hall–Kier alpha value is -1.39. The zero-order valence-corrected chi connectivity index (χ0v) is 9.34. The Bertz CT molecular complexity index is 352. The van der Waals surface area contributed by atoms with E-state index in [1.165, 1.54) is 0 Å². The molecule has 1 amide bonds. The number of nitrogens with zero attached hydrogens (tertiary/aromatic N) is 3. The second kappa shape index (κ2) is 4.63. The van der Waals surface area contributed by atoms with Crippen molar-refractivity contribution in [1.82, 2.24) is 14.7 Å². The molecule has 0 saturated carbocycles. The topological polar surface area (TPSA) is 38.1 Å². The van der Waals surface area contributed by atoms with Gasteiger partial charge < -0.3 is 4.90 Å². The SMILES string of the molecule is CC(Cn1cccn1)C(=O)N1CC[C@@H](F)C1. The maximum Gasteiger partial charge on any atom is 0.227 e. The molecule has 1 unspecified atom stereocenters. The summed E-state index contributed by atoms with van der Waals surface area (Å²) in [5.41, 5.74) is 0. The minimum Gasteiger partial charge on any atom is -0.339 e. The lowest BCUT2D eigenvalue weighted by atomic mass is 10.1. The first-order valence-corrected chi connectivity index (χ1v) is 5.57. The van der Waals surface area contributed by atoms with Crippen LogP contribution in [0.5, 0.6) is 0 Å². The Morgan fingerprint density at radius 3 is 3.06 bits per heavy atom. The highest BCUT2D eigenvalue weighted by Gasteiger charge is 2.28. The highest BCUT2D eigenvalue weighted by atomic mass is 19.1. The second-order valence-electron chi connectivity index (χ2n) is 4.30. The summed E-state index contributed by atoms with van der Waals surface area (Å²) in [6, 6.07) is 1.82. The third-order valence-corrected chi connectivity index (χ3v) is 2.88. The number of hydrogen-bond donors (Lipinski definition) is 0. The fourth-order valence-electron chi connectivity index (χ4n) is 2.00. The van der Waals surface area contributed by atoms with Crippen molar-refractivity contribution in [3.05, 3.63) is 18.5 Å². The van der Waals surface area contributed by atoms with E-state index >= 15 is 0 Å². The first kappa shape index (κ1) is 11.1. The quantitative estimate of drug-likeness (QED) is 0.772. The Morgan fingerprint density at radius 1 is 1.69 bits per heavy atom. The van der Waals surface area contributed by atoms with Gasteiger partial charge in [0, 0.05) is 18.9 Å². The zero-order valence-electron chi connectivity index (χ0n) is 9.34. The number of hydrogen-bond acceptors (Lipinski definition) is 2. The molecular formula is C11H16FN3O. The van der Waals surface area contributed by atoms with Gasteiger partial charge in [-0.25, -0.2) is 4.39 Å². The van der Waals surface area contributed by atoms with E-state index in [0.29, 0.717) is 19.5 Å². The number of carbonyl (C=O) groups is 1.